The molecule has 22 heavy (non-hydrogen) atoms. The Balaban J connectivity index is 1.90. The summed E-state index contributed by atoms with van der Waals surface area (Å²) >= 11 is 0. The number of likely N-dealkylation sites (N-methyl/N-ethyl adjacent to an activating group) is 1. The van der Waals surface area contributed by atoms with Gasteiger partial charge in [0.1, 0.15) is 6.04 Å². The average Bonchev–Trinajstić information content (AvgIpc) is 2.96. The number of carbonyl (C=O) groups is 2. The van der Waals surface area contributed by atoms with Crippen LogP contribution in [-0.2, 0) is 22.6 Å². The van der Waals surface area contributed by atoms with Gasteiger partial charge in [-0.1, -0.05) is 31.2 Å². The second-order valence-electron chi connectivity index (χ2n) is 5.89. The van der Waals surface area contributed by atoms with Gasteiger partial charge in [-0.05, 0) is 36.9 Å². The maximum absolute atomic E-state index is 12.3. The molecule has 0 radical (unpaired) electrons. The zero-order chi connectivity index (χ0) is 16.1. The van der Waals surface area contributed by atoms with Crippen LogP contribution in [0.5, 0.6) is 0 Å². The van der Waals surface area contributed by atoms with Crippen LogP contribution >= 0.6 is 0 Å². The van der Waals surface area contributed by atoms with Crippen molar-refractivity contribution in [2.45, 2.75) is 38.8 Å². The third-order valence-electron chi connectivity index (χ3n) is 4.26. The highest BCUT2D eigenvalue weighted by Gasteiger charge is 2.32. The third kappa shape index (κ3) is 4.07. The number of carboxylic acids is 1. The fraction of sp³-hybridized carbons (Fsp3) is 0.529. The highest BCUT2D eigenvalue weighted by atomic mass is 16.4. The number of hydrogen-bond acceptors (Lipinski definition) is 3. The van der Waals surface area contributed by atoms with Crippen LogP contribution in [0.3, 0.4) is 0 Å². The standard InChI is InChI=1S/C17H24N2O3/c1-3-13-6-8-14(9-7-13)11-18(2)16(20)12-19-10-4-5-15(19)17(21)22/h6-9,15H,3-5,10-12H2,1-2H3,(H,21,22). The Morgan fingerprint density at radius 1 is 1.27 bits per heavy atom. The van der Waals surface area contributed by atoms with Crippen molar-refractivity contribution in [2.24, 2.45) is 0 Å². The fourth-order valence-corrected chi connectivity index (χ4v) is 2.83. The number of amides is 1. The SMILES string of the molecule is CCc1ccc(CN(C)C(=O)CN2CCCC2C(=O)O)cc1. The maximum Gasteiger partial charge on any atom is 0.320 e. The van der Waals surface area contributed by atoms with Gasteiger partial charge in [-0.3, -0.25) is 14.5 Å². The molecule has 1 N–H and O–H groups in total. The number of hydrogen-bond donors (Lipinski definition) is 1. The molecule has 0 aliphatic carbocycles. The van der Waals surface area contributed by atoms with E-state index in [9.17, 15) is 9.59 Å². The van der Waals surface area contributed by atoms with Crippen molar-refractivity contribution in [1.82, 2.24) is 9.80 Å². The smallest absolute Gasteiger partial charge is 0.320 e. The zero-order valence-corrected chi connectivity index (χ0v) is 13.3. The molecule has 1 atom stereocenters. The molecule has 1 fully saturated rings. The number of carbonyl (C=O) groups excluding carboxylic acids is 1. The summed E-state index contributed by atoms with van der Waals surface area (Å²) in [6.07, 6.45) is 2.47. The molecule has 0 saturated carbocycles. The van der Waals surface area contributed by atoms with Gasteiger partial charge < -0.3 is 10.0 Å². The van der Waals surface area contributed by atoms with E-state index in [1.54, 1.807) is 16.8 Å². The number of nitrogens with zero attached hydrogens (tertiary/aromatic N) is 2. The van der Waals surface area contributed by atoms with Crippen molar-refractivity contribution in [3.8, 4) is 0 Å². The molecule has 120 valence electrons. The summed E-state index contributed by atoms with van der Waals surface area (Å²) in [7, 11) is 1.77. The summed E-state index contributed by atoms with van der Waals surface area (Å²) in [6.45, 7) is 3.52. The van der Waals surface area contributed by atoms with Crippen LogP contribution in [0, 0.1) is 0 Å². The minimum absolute atomic E-state index is 0.0345. The molecule has 1 amide bonds. The molecule has 1 aromatic rings. The van der Waals surface area contributed by atoms with Crippen molar-refractivity contribution in [3.05, 3.63) is 35.4 Å². The van der Waals surface area contributed by atoms with Crippen molar-refractivity contribution in [2.75, 3.05) is 20.1 Å². The van der Waals surface area contributed by atoms with Gasteiger partial charge in [0.2, 0.25) is 5.91 Å². The van der Waals surface area contributed by atoms with Crippen LogP contribution in [0.1, 0.15) is 30.9 Å². The van der Waals surface area contributed by atoms with E-state index in [1.807, 2.05) is 12.1 Å². The highest BCUT2D eigenvalue weighted by Crippen LogP contribution is 2.17. The van der Waals surface area contributed by atoms with E-state index < -0.39 is 12.0 Å². The molecular formula is C17H24N2O3. The minimum atomic E-state index is -0.830. The van der Waals surface area contributed by atoms with E-state index in [-0.39, 0.29) is 12.5 Å². The lowest BCUT2D eigenvalue weighted by Gasteiger charge is -2.24. The Morgan fingerprint density at radius 3 is 2.50 bits per heavy atom. The molecule has 1 aliphatic heterocycles. The Kier molecular flexibility index (Phi) is 5.55. The molecule has 1 heterocycles. The second-order valence-corrected chi connectivity index (χ2v) is 5.89. The number of rotatable bonds is 6. The molecule has 0 spiro atoms. The highest BCUT2D eigenvalue weighted by molar-refractivity contribution is 5.80. The Morgan fingerprint density at radius 2 is 1.91 bits per heavy atom. The molecule has 5 nitrogen and oxygen atoms in total. The molecule has 0 aromatic heterocycles. The van der Waals surface area contributed by atoms with Gasteiger partial charge in [0.25, 0.3) is 0 Å². The third-order valence-corrected chi connectivity index (χ3v) is 4.26. The van der Waals surface area contributed by atoms with E-state index in [1.165, 1.54) is 5.56 Å². The van der Waals surface area contributed by atoms with Crippen LogP contribution in [0.15, 0.2) is 24.3 Å². The minimum Gasteiger partial charge on any atom is -0.480 e. The topological polar surface area (TPSA) is 60.9 Å². The van der Waals surface area contributed by atoms with Gasteiger partial charge in [-0.15, -0.1) is 0 Å². The first kappa shape index (κ1) is 16.5. The maximum atomic E-state index is 12.3. The van der Waals surface area contributed by atoms with Gasteiger partial charge >= 0.3 is 5.97 Å². The van der Waals surface area contributed by atoms with E-state index in [0.29, 0.717) is 19.5 Å². The van der Waals surface area contributed by atoms with Crippen LogP contribution in [0.2, 0.25) is 0 Å². The fourth-order valence-electron chi connectivity index (χ4n) is 2.83. The van der Waals surface area contributed by atoms with Crippen molar-refractivity contribution in [3.63, 3.8) is 0 Å². The number of carboxylic acid groups (broad SMARTS) is 1. The summed E-state index contributed by atoms with van der Waals surface area (Å²) in [6, 6.07) is 7.72. The summed E-state index contributed by atoms with van der Waals surface area (Å²) in [4.78, 5) is 26.9. The van der Waals surface area contributed by atoms with Crippen molar-refractivity contribution < 1.29 is 14.7 Å². The van der Waals surface area contributed by atoms with Crippen LogP contribution < -0.4 is 0 Å². The number of likely N-dealkylation sites (tertiary alicyclic amines) is 1. The number of aliphatic carboxylic acids is 1. The molecule has 2 rings (SSSR count). The predicted molar refractivity (Wildman–Crippen MR) is 84.5 cm³/mol. The van der Waals surface area contributed by atoms with Crippen LogP contribution in [0.4, 0.5) is 0 Å². The number of benzene rings is 1. The normalized spacial score (nSPS) is 18.4. The molecule has 1 aromatic carbocycles. The Bertz CT molecular complexity index is 527. The predicted octanol–water partition coefficient (Wildman–Crippen LogP) is 1.76. The van der Waals surface area contributed by atoms with Crippen LogP contribution in [0.25, 0.3) is 0 Å². The first-order chi connectivity index (χ1) is 10.5. The largest absolute Gasteiger partial charge is 0.480 e. The molecule has 0 bridgehead atoms. The Labute approximate surface area is 131 Å². The van der Waals surface area contributed by atoms with Gasteiger partial charge in [-0.2, -0.15) is 0 Å². The lowest BCUT2D eigenvalue weighted by Crippen LogP contribution is -2.43. The molecular weight excluding hydrogens is 280 g/mol. The molecule has 1 aliphatic rings. The molecule has 5 heteroatoms. The quantitative estimate of drug-likeness (QED) is 0.870. The van der Waals surface area contributed by atoms with Crippen molar-refractivity contribution in [1.29, 1.82) is 0 Å². The summed E-state index contributed by atoms with van der Waals surface area (Å²) in [5.74, 6) is -0.865. The van der Waals surface area contributed by atoms with Gasteiger partial charge in [-0.25, -0.2) is 0 Å². The monoisotopic (exact) mass is 304 g/mol. The van der Waals surface area contributed by atoms with E-state index >= 15 is 0 Å². The lowest BCUT2D eigenvalue weighted by molar-refractivity contribution is -0.143. The van der Waals surface area contributed by atoms with Crippen LogP contribution in [-0.4, -0.2) is 53.0 Å². The average molecular weight is 304 g/mol. The zero-order valence-electron chi connectivity index (χ0n) is 13.3. The molecule has 1 saturated heterocycles. The second kappa shape index (κ2) is 7.40. The molecule has 1 unspecified atom stereocenters. The van der Waals surface area contributed by atoms with E-state index in [0.717, 1.165) is 18.4 Å². The lowest BCUT2D eigenvalue weighted by atomic mass is 10.1. The summed E-state index contributed by atoms with van der Waals surface area (Å²) in [5.41, 5.74) is 2.36. The van der Waals surface area contributed by atoms with Gasteiger partial charge in [0, 0.05) is 13.6 Å². The van der Waals surface area contributed by atoms with Gasteiger partial charge in [0.15, 0.2) is 0 Å². The Hall–Kier alpha value is -1.88. The van der Waals surface area contributed by atoms with E-state index in [4.69, 9.17) is 5.11 Å². The van der Waals surface area contributed by atoms with E-state index in [2.05, 4.69) is 19.1 Å². The first-order valence-electron chi connectivity index (χ1n) is 7.80. The van der Waals surface area contributed by atoms with Crippen molar-refractivity contribution >= 4 is 11.9 Å². The summed E-state index contributed by atoms with van der Waals surface area (Å²) < 4.78 is 0. The summed E-state index contributed by atoms with van der Waals surface area (Å²) in [5, 5.41) is 9.15. The van der Waals surface area contributed by atoms with Gasteiger partial charge in [0.05, 0.1) is 6.54 Å². The first-order valence-corrected chi connectivity index (χ1v) is 7.80. The number of aryl methyl sites for hydroxylation is 1.